The maximum absolute atomic E-state index is 10.4. The minimum absolute atomic E-state index is 0.0938. The summed E-state index contributed by atoms with van der Waals surface area (Å²) in [6.45, 7) is 13.6. The Balaban J connectivity index is 1.81. The van der Waals surface area contributed by atoms with E-state index in [0.29, 0.717) is 12.1 Å². The van der Waals surface area contributed by atoms with Gasteiger partial charge in [-0.05, 0) is 31.0 Å². The van der Waals surface area contributed by atoms with Gasteiger partial charge in [-0.3, -0.25) is 4.90 Å². The Kier molecular flexibility index (Phi) is 4.73. The molecule has 0 amide bonds. The lowest BCUT2D eigenvalue weighted by Crippen LogP contribution is -2.60. The molecule has 5 heteroatoms. The molecule has 2 N–H and O–H groups in total. The molecule has 2 fully saturated rings. The van der Waals surface area contributed by atoms with Gasteiger partial charge in [-0.15, -0.1) is 0 Å². The van der Waals surface area contributed by atoms with Crippen molar-refractivity contribution in [2.75, 3.05) is 32.8 Å². The zero-order chi connectivity index (χ0) is 14.1. The summed E-state index contributed by atoms with van der Waals surface area (Å²) in [6, 6.07) is 1.15. The van der Waals surface area contributed by atoms with Gasteiger partial charge in [0.2, 0.25) is 0 Å². The number of hydrogen-bond acceptors (Lipinski definition) is 4. The Bertz CT molecular complexity index is 304. The van der Waals surface area contributed by atoms with Crippen molar-refractivity contribution >= 4 is 8.32 Å². The number of rotatable bonds is 4. The fourth-order valence-corrected chi connectivity index (χ4v) is 3.56. The van der Waals surface area contributed by atoms with Crippen molar-refractivity contribution in [2.45, 2.75) is 56.9 Å². The lowest BCUT2D eigenvalue weighted by molar-refractivity contribution is -0.0270. The molecule has 112 valence electrons. The summed E-state index contributed by atoms with van der Waals surface area (Å²) in [5.41, 5.74) is 0. The van der Waals surface area contributed by atoms with Crippen molar-refractivity contribution in [3.8, 4) is 0 Å². The highest BCUT2D eigenvalue weighted by atomic mass is 28.4. The van der Waals surface area contributed by atoms with E-state index in [4.69, 9.17) is 4.74 Å². The molecule has 2 rings (SSSR count). The van der Waals surface area contributed by atoms with Crippen LogP contribution in [0.2, 0.25) is 18.1 Å². The molecule has 1 unspecified atom stereocenters. The van der Waals surface area contributed by atoms with Crippen molar-refractivity contribution in [3.63, 3.8) is 0 Å². The smallest absolute Gasteiger partial charge is 0.188 e. The molecule has 0 radical (unpaired) electrons. The minimum Gasteiger partial charge on any atom is -0.432 e. The zero-order valence-electron chi connectivity index (χ0n) is 12.9. The average Bonchev–Trinajstić information content (AvgIpc) is 2.35. The molecule has 0 bridgehead atoms. The molecule has 19 heavy (non-hydrogen) atoms. The van der Waals surface area contributed by atoms with E-state index in [2.05, 4.69) is 37.2 Å². The van der Waals surface area contributed by atoms with Gasteiger partial charge in [0, 0.05) is 31.7 Å². The van der Waals surface area contributed by atoms with Gasteiger partial charge in [0.05, 0.1) is 13.2 Å². The second kappa shape index (κ2) is 5.82. The summed E-state index contributed by atoms with van der Waals surface area (Å²) in [4.78, 5) is 12.9. The fraction of sp³-hybridized carbons (Fsp3) is 1.00. The first-order valence-electron chi connectivity index (χ1n) is 7.57. The van der Waals surface area contributed by atoms with Gasteiger partial charge in [-0.2, -0.15) is 0 Å². The number of piperazine rings is 1. The van der Waals surface area contributed by atoms with E-state index in [1.54, 1.807) is 0 Å². The summed E-state index contributed by atoms with van der Waals surface area (Å²) in [5.74, 6) is 0. The van der Waals surface area contributed by atoms with Crippen LogP contribution in [0.5, 0.6) is 0 Å². The largest absolute Gasteiger partial charge is 0.432 e. The lowest BCUT2D eigenvalue weighted by Gasteiger charge is -2.44. The second-order valence-corrected chi connectivity index (χ2v) is 11.8. The Morgan fingerprint density at radius 2 is 2.16 bits per heavy atom. The van der Waals surface area contributed by atoms with Crippen molar-refractivity contribution in [1.29, 1.82) is 0 Å². The van der Waals surface area contributed by atoms with E-state index in [1.165, 1.54) is 0 Å². The second-order valence-electron chi connectivity index (χ2n) is 7.31. The van der Waals surface area contributed by atoms with Crippen LogP contribution >= 0.6 is 0 Å². The monoisotopic (exact) mass is 286 g/mol. The highest BCUT2D eigenvalue weighted by Gasteiger charge is 2.38. The van der Waals surface area contributed by atoms with E-state index in [1.807, 2.05) is 0 Å². The van der Waals surface area contributed by atoms with Crippen LogP contribution < -0.4 is 5.32 Å². The van der Waals surface area contributed by atoms with Crippen molar-refractivity contribution < 1.29 is 9.53 Å². The Hall–Kier alpha value is 0.0569. The molecular weight excluding hydrogens is 256 g/mol. The van der Waals surface area contributed by atoms with E-state index in [0.717, 1.165) is 45.7 Å². The summed E-state index contributed by atoms with van der Waals surface area (Å²) in [5, 5.41) is 3.75. The molecule has 0 saturated carbocycles. The van der Waals surface area contributed by atoms with Gasteiger partial charge >= 0.3 is 0 Å². The van der Waals surface area contributed by atoms with Crippen LogP contribution in [0.4, 0.5) is 0 Å². The third-order valence-electron chi connectivity index (χ3n) is 5.22. The molecule has 4 nitrogen and oxygen atoms in total. The van der Waals surface area contributed by atoms with Crippen LogP contribution in [-0.2, 0) is 4.74 Å². The van der Waals surface area contributed by atoms with Crippen LogP contribution in [0, 0.1) is 0 Å². The van der Waals surface area contributed by atoms with Gasteiger partial charge in [0.1, 0.15) is 0 Å². The van der Waals surface area contributed by atoms with Crippen LogP contribution in [0.3, 0.4) is 0 Å². The van der Waals surface area contributed by atoms with Crippen LogP contribution in [0.15, 0.2) is 0 Å². The molecule has 2 heterocycles. The normalized spacial score (nSPS) is 30.2. The maximum atomic E-state index is 10.4. The molecule has 0 aromatic heterocycles. The van der Waals surface area contributed by atoms with Crippen LogP contribution in [-0.4, -0.2) is 62.9 Å². The predicted octanol–water partition coefficient (Wildman–Crippen LogP) is 1.42. The Labute approximate surface area is 118 Å². The quantitative estimate of drug-likeness (QED) is 0.767. The Morgan fingerprint density at radius 3 is 2.84 bits per heavy atom. The van der Waals surface area contributed by atoms with Gasteiger partial charge in [-0.25, -0.2) is 0 Å². The first-order chi connectivity index (χ1) is 8.79. The SMILES string of the molecule is CC(C)(CC[C@@H]1CN2CCOCC2CN1)[Si](C)(C)O. The topological polar surface area (TPSA) is 44.7 Å². The standard InChI is InChI=1S/C14H30N2O2Si/c1-14(2,19(3,4)17)6-5-12-10-16-7-8-18-11-13(16)9-15-12/h12-13,15,17H,5-11H2,1-4H3/t12-,13?/m1/s1. The van der Waals surface area contributed by atoms with Gasteiger partial charge in [0.25, 0.3) is 0 Å². The third-order valence-corrected chi connectivity index (χ3v) is 8.78. The molecule has 2 aliphatic heterocycles. The molecule has 2 saturated heterocycles. The number of nitrogens with one attached hydrogen (secondary N) is 1. The molecule has 0 aromatic rings. The van der Waals surface area contributed by atoms with E-state index >= 15 is 0 Å². The Morgan fingerprint density at radius 1 is 1.42 bits per heavy atom. The number of morpholine rings is 1. The summed E-state index contributed by atoms with van der Waals surface area (Å²) < 4.78 is 5.52. The first-order valence-corrected chi connectivity index (χ1v) is 10.5. The number of hydrogen-bond donors (Lipinski definition) is 2. The highest BCUT2D eigenvalue weighted by Crippen LogP contribution is 2.40. The highest BCUT2D eigenvalue weighted by molar-refractivity contribution is 6.72. The number of fused-ring (bicyclic) bond motifs is 1. The lowest BCUT2D eigenvalue weighted by atomic mass is 9.99. The van der Waals surface area contributed by atoms with Crippen molar-refractivity contribution in [2.24, 2.45) is 0 Å². The fourth-order valence-electron chi connectivity index (χ4n) is 2.80. The zero-order valence-corrected chi connectivity index (χ0v) is 13.9. The number of ether oxygens (including phenoxy) is 1. The van der Waals surface area contributed by atoms with E-state index in [-0.39, 0.29) is 5.04 Å². The molecule has 2 aliphatic rings. The van der Waals surface area contributed by atoms with E-state index < -0.39 is 8.32 Å². The van der Waals surface area contributed by atoms with Crippen molar-refractivity contribution in [3.05, 3.63) is 0 Å². The van der Waals surface area contributed by atoms with Gasteiger partial charge < -0.3 is 14.8 Å². The summed E-state index contributed by atoms with van der Waals surface area (Å²) in [6.07, 6.45) is 2.27. The molecule has 0 aliphatic carbocycles. The first kappa shape index (κ1) is 15.4. The van der Waals surface area contributed by atoms with Crippen LogP contribution in [0.25, 0.3) is 0 Å². The van der Waals surface area contributed by atoms with E-state index in [9.17, 15) is 4.80 Å². The predicted molar refractivity (Wildman–Crippen MR) is 80.9 cm³/mol. The summed E-state index contributed by atoms with van der Waals surface area (Å²) in [7, 11) is -2.07. The van der Waals surface area contributed by atoms with Gasteiger partial charge in [-0.1, -0.05) is 13.8 Å². The molecule has 0 aromatic carbocycles. The molecular formula is C14H30N2O2Si. The average molecular weight is 286 g/mol. The third kappa shape index (κ3) is 3.79. The van der Waals surface area contributed by atoms with Crippen LogP contribution in [0.1, 0.15) is 26.7 Å². The maximum Gasteiger partial charge on any atom is 0.188 e. The number of nitrogens with zero attached hydrogens (tertiary/aromatic N) is 1. The summed E-state index contributed by atoms with van der Waals surface area (Å²) >= 11 is 0. The van der Waals surface area contributed by atoms with Gasteiger partial charge in [0.15, 0.2) is 8.32 Å². The molecule has 0 spiro atoms. The van der Waals surface area contributed by atoms with Crippen molar-refractivity contribution in [1.82, 2.24) is 10.2 Å². The molecule has 2 atom stereocenters. The minimum atomic E-state index is -2.07.